The van der Waals surface area contributed by atoms with E-state index in [9.17, 15) is 4.79 Å². The largest absolute Gasteiger partial charge is 0.295 e. The van der Waals surface area contributed by atoms with E-state index < -0.39 is 0 Å². The standard InChI is InChI=1S/C20H16N4O/c1-14-18(20(25)24(23-14)17-10-6-3-7-11-17)12-16-13-21-22-19(16)15-8-4-2-5-9-15/h2-13,23H,1H3. The zero-order chi connectivity index (χ0) is 17.2. The summed E-state index contributed by atoms with van der Waals surface area (Å²) in [6, 6.07) is 19.3. The van der Waals surface area contributed by atoms with Crippen LogP contribution in [0.3, 0.4) is 0 Å². The Hall–Kier alpha value is -3.47. The number of nitrogens with zero attached hydrogens (tertiary/aromatic N) is 3. The fourth-order valence-electron chi connectivity index (χ4n) is 2.84. The third-order valence-electron chi connectivity index (χ3n) is 4.11. The van der Waals surface area contributed by atoms with Crippen molar-refractivity contribution in [2.45, 2.75) is 6.92 Å². The van der Waals surface area contributed by atoms with E-state index in [1.807, 2.05) is 73.7 Å². The Bertz CT molecular complexity index is 1050. The lowest BCUT2D eigenvalue weighted by Gasteiger charge is -2.01. The van der Waals surface area contributed by atoms with Gasteiger partial charge in [-0.05, 0) is 25.1 Å². The maximum absolute atomic E-state index is 12.8. The molecule has 2 aromatic carbocycles. The SMILES string of the molecule is Cc1[nH]n(-c2ccccc2)c(=O)c1C=C1C=NN=C1c1ccccc1. The van der Waals surface area contributed by atoms with E-state index >= 15 is 0 Å². The molecular weight excluding hydrogens is 312 g/mol. The zero-order valence-electron chi connectivity index (χ0n) is 13.7. The number of aromatic nitrogens is 2. The Balaban J connectivity index is 1.78. The van der Waals surface area contributed by atoms with Gasteiger partial charge >= 0.3 is 0 Å². The first-order chi connectivity index (χ1) is 12.2. The van der Waals surface area contributed by atoms with Gasteiger partial charge in [-0.2, -0.15) is 5.10 Å². The van der Waals surface area contributed by atoms with Gasteiger partial charge in [-0.3, -0.25) is 9.89 Å². The van der Waals surface area contributed by atoms with Crippen LogP contribution in [0.4, 0.5) is 0 Å². The van der Waals surface area contributed by atoms with Gasteiger partial charge in [-0.25, -0.2) is 4.68 Å². The molecule has 0 saturated heterocycles. The van der Waals surface area contributed by atoms with Crippen LogP contribution in [0.25, 0.3) is 11.8 Å². The van der Waals surface area contributed by atoms with Crippen molar-refractivity contribution in [1.82, 2.24) is 9.78 Å². The van der Waals surface area contributed by atoms with Crippen LogP contribution in [0.15, 0.2) is 81.2 Å². The first-order valence-corrected chi connectivity index (χ1v) is 7.99. The summed E-state index contributed by atoms with van der Waals surface area (Å²) in [6.45, 7) is 1.89. The lowest BCUT2D eigenvalue weighted by molar-refractivity contribution is 0.835. The van der Waals surface area contributed by atoms with Gasteiger partial charge in [-0.1, -0.05) is 48.5 Å². The van der Waals surface area contributed by atoms with Crippen LogP contribution in [0.5, 0.6) is 0 Å². The van der Waals surface area contributed by atoms with Gasteiger partial charge in [0.2, 0.25) is 0 Å². The molecule has 0 saturated carbocycles. The molecule has 0 atom stereocenters. The highest BCUT2D eigenvalue weighted by Crippen LogP contribution is 2.17. The summed E-state index contributed by atoms with van der Waals surface area (Å²) in [5.74, 6) is 0. The zero-order valence-corrected chi connectivity index (χ0v) is 13.7. The first-order valence-electron chi connectivity index (χ1n) is 7.99. The van der Waals surface area contributed by atoms with Crippen molar-refractivity contribution in [3.8, 4) is 5.69 Å². The molecule has 0 unspecified atom stereocenters. The maximum atomic E-state index is 12.8. The van der Waals surface area contributed by atoms with E-state index in [2.05, 4.69) is 15.3 Å². The minimum Gasteiger partial charge on any atom is -0.295 e. The number of aromatic amines is 1. The molecule has 1 aliphatic rings. The van der Waals surface area contributed by atoms with Gasteiger partial charge < -0.3 is 0 Å². The summed E-state index contributed by atoms with van der Waals surface area (Å²) in [5, 5.41) is 11.4. The highest BCUT2D eigenvalue weighted by Gasteiger charge is 2.16. The van der Waals surface area contributed by atoms with E-state index in [-0.39, 0.29) is 5.56 Å². The second-order valence-corrected chi connectivity index (χ2v) is 5.79. The molecule has 5 heteroatoms. The molecule has 1 aromatic heterocycles. The average molecular weight is 328 g/mol. The van der Waals surface area contributed by atoms with Gasteiger partial charge in [0.25, 0.3) is 5.56 Å². The van der Waals surface area contributed by atoms with Crippen LogP contribution in [0, 0.1) is 6.92 Å². The van der Waals surface area contributed by atoms with Crippen LogP contribution in [0.1, 0.15) is 16.8 Å². The summed E-state index contributed by atoms with van der Waals surface area (Å²) < 4.78 is 1.55. The predicted octanol–water partition coefficient (Wildman–Crippen LogP) is 3.35. The minimum absolute atomic E-state index is 0.0936. The molecule has 0 bridgehead atoms. The topological polar surface area (TPSA) is 62.5 Å². The van der Waals surface area contributed by atoms with Gasteiger partial charge in [0, 0.05) is 16.8 Å². The number of aryl methyl sites for hydroxylation is 1. The molecule has 3 aromatic rings. The van der Waals surface area contributed by atoms with E-state index in [1.54, 1.807) is 10.9 Å². The van der Waals surface area contributed by atoms with E-state index in [1.165, 1.54) is 0 Å². The normalized spacial score (nSPS) is 14.9. The van der Waals surface area contributed by atoms with Crippen LogP contribution in [-0.2, 0) is 0 Å². The molecule has 122 valence electrons. The predicted molar refractivity (Wildman–Crippen MR) is 101 cm³/mol. The molecular formula is C20H16N4O. The quantitative estimate of drug-likeness (QED) is 0.787. The third-order valence-corrected chi connectivity index (χ3v) is 4.11. The summed E-state index contributed by atoms with van der Waals surface area (Å²) >= 11 is 0. The second kappa shape index (κ2) is 6.20. The first kappa shape index (κ1) is 15.1. The van der Waals surface area contributed by atoms with Crippen molar-refractivity contribution in [1.29, 1.82) is 0 Å². The van der Waals surface area contributed by atoms with E-state index in [0.29, 0.717) is 5.56 Å². The number of H-pyrrole nitrogens is 1. The van der Waals surface area contributed by atoms with Gasteiger partial charge in [0.1, 0.15) is 5.71 Å². The molecule has 0 amide bonds. The molecule has 5 nitrogen and oxygen atoms in total. The number of hydrogen-bond acceptors (Lipinski definition) is 3. The number of nitrogens with one attached hydrogen (secondary N) is 1. The minimum atomic E-state index is -0.0936. The molecule has 25 heavy (non-hydrogen) atoms. The van der Waals surface area contributed by atoms with Crippen LogP contribution < -0.4 is 5.56 Å². The summed E-state index contributed by atoms with van der Waals surface area (Å²) in [6.07, 6.45) is 3.52. The number of hydrogen-bond donors (Lipinski definition) is 1. The van der Waals surface area contributed by atoms with Crippen molar-refractivity contribution >= 4 is 18.0 Å². The number of para-hydroxylation sites is 1. The van der Waals surface area contributed by atoms with Crippen LogP contribution in [0.2, 0.25) is 0 Å². The second-order valence-electron chi connectivity index (χ2n) is 5.79. The maximum Gasteiger partial charge on any atom is 0.278 e. The smallest absolute Gasteiger partial charge is 0.278 e. The molecule has 4 rings (SSSR count). The summed E-state index contributed by atoms with van der Waals surface area (Å²) in [7, 11) is 0. The third kappa shape index (κ3) is 2.76. The highest BCUT2D eigenvalue weighted by atomic mass is 16.1. The molecule has 1 aliphatic heterocycles. The summed E-state index contributed by atoms with van der Waals surface area (Å²) in [4.78, 5) is 12.8. The fourth-order valence-corrected chi connectivity index (χ4v) is 2.84. The average Bonchev–Trinajstić information content (AvgIpc) is 3.23. The highest BCUT2D eigenvalue weighted by molar-refractivity contribution is 6.28. The van der Waals surface area contributed by atoms with Crippen molar-refractivity contribution in [2.75, 3.05) is 0 Å². The van der Waals surface area contributed by atoms with E-state index in [4.69, 9.17) is 0 Å². The van der Waals surface area contributed by atoms with Gasteiger partial charge in [0.05, 0.1) is 17.5 Å². The van der Waals surface area contributed by atoms with Gasteiger partial charge in [-0.15, -0.1) is 5.10 Å². The van der Waals surface area contributed by atoms with Crippen LogP contribution in [-0.4, -0.2) is 21.7 Å². The Morgan fingerprint density at radius 2 is 1.68 bits per heavy atom. The lowest BCUT2D eigenvalue weighted by Crippen LogP contribution is -2.16. The molecule has 0 fully saturated rings. The van der Waals surface area contributed by atoms with Crippen LogP contribution >= 0.6 is 0 Å². The molecule has 1 N–H and O–H groups in total. The Morgan fingerprint density at radius 1 is 1.00 bits per heavy atom. The Morgan fingerprint density at radius 3 is 2.40 bits per heavy atom. The Labute approximate surface area is 144 Å². The Kier molecular flexibility index (Phi) is 3.74. The monoisotopic (exact) mass is 328 g/mol. The molecule has 0 radical (unpaired) electrons. The fraction of sp³-hybridized carbons (Fsp3) is 0.0500. The molecule has 0 aliphatic carbocycles. The van der Waals surface area contributed by atoms with Gasteiger partial charge in [0.15, 0.2) is 0 Å². The van der Waals surface area contributed by atoms with E-state index in [0.717, 1.165) is 28.2 Å². The molecule has 2 heterocycles. The molecule has 0 spiro atoms. The van der Waals surface area contributed by atoms with Crippen molar-refractivity contribution in [2.24, 2.45) is 10.2 Å². The lowest BCUT2D eigenvalue weighted by atomic mass is 10.0. The van der Waals surface area contributed by atoms with Crippen molar-refractivity contribution in [3.63, 3.8) is 0 Å². The number of benzene rings is 2. The number of allylic oxidation sites excluding steroid dienone is 1. The van der Waals surface area contributed by atoms with Crippen molar-refractivity contribution < 1.29 is 0 Å². The number of rotatable bonds is 3. The summed E-state index contributed by atoms with van der Waals surface area (Å²) in [5.41, 5.74) is 4.69. The van der Waals surface area contributed by atoms with Crippen molar-refractivity contribution in [3.05, 3.63) is 93.4 Å².